The van der Waals surface area contributed by atoms with Crippen LogP contribution in [0.25, 0.3) is 0 Å². The van der Waals surface area contributed by atoms with E-state index in [1.165, 1.54) is 5.01 Å². The minimum atomic E-state index is -1.16. The van der Waals surface area contributed by atoms with E-state index in [1.807, 2.05) is 0 Å². The average molecular weight is 188 g/mol. The minimum Gasteiger partial charge on any atom is -0.481 e. The van der Waals surface area contributed by atoms with Gasteiger partial charge in [-0.1, -0.05) is 0 Å². The smallest absolute Gasteiger partial charge is 0.306 e. The lowest BCUT2D eigenvalue weighted by Gasteiger charge is -2.34. The van der Waals surface area contributed by atoms with Gasteiger partial charge in [-0.15, -0.1) is 4.91 Å². The van der Waals surface area contributed by atoms with E-state index in [0.717, 1.165) is 0 Å². The van der Waals surface area contributed by atoms with Gasteiger partial charge in [0.1, 0.15) is 0 Å². The van der Waals surface area contributed by atoms with E-state index in [1.54, 1.807) is 0 Å². The van der Waals surface area contributed by atoms with Crippen LogP contribution in [0.3, 0.4) is 0 Å². The first-order valence-electron chi connectivity index (χ1n) is 4.08. The molecule has 0 aromatic rings. The number of nitroso groups, excluding NO2 is 1. The molecule has 1 rings (SSSR count). The molecule has 1 aliphatic rings. The topological polar surface area (TPSA) is 90.2 Å². The third-order valence-corrected chi connectivity index (χ3v) is 2.27. The van der Waals surface area contributed by atoms with Gasteiger partial charge in [0.25, 0.3) is 0 Å². The number of hydrogen-bond donors (Lipinski definition) is 2. The lowest BCUT2D eigenvalue weighted by molar-refractivity contribution is -0.144. The van der Waals surface area contributed by atoms with Gasteiger partial charge in [0, 0.05) is 13.1 Å². The van der Waals surface area contributed by atoms with Crippen molar-refractivity contribution < 1.29 is 15.0 Å². The predicted molar refractivity (Wildman–Crippen MR) is 43.8 cm³/mol. The molecule has 0 aromatic carbocycles. The number of carboxylic acids is 1. The summed E-state index contributed by atoms with van der Waals surface area (Å²) in [7, 11) is 0. The Labute approximate surface area is 75.1 Å². The van der Waals surface area contributed by atoms with Crippen molar-refractivity contribution in [2.75, 3.05) is 13.1 Å². The van der Waals surface area contributed by atoms with E-state index >= 15 is 0 Å². The number of aliphatic carboxylic acids is 1. The number of rotatable bonds is 3. The SMILES string of the molecule is O=NN1CCC(O)(CC(=O)O)CC1. The van der Waals surface area contributed by atoms with Gasteiger partial charge in [0.2, 0.25) is 0 Å². The van der Waals surface area contributed by atoms with Crippen LogP contribution in [0.2, 0.25) is 0 Å². The lowest BCUT2D eigenvalue weighted by Crippen LogP contribution is -2.43. The van der Waals surface area contributed by atoms with Crippen LogP contribution in [-0.2, 0) is 4.79 Å². The van der Waals surface area contributed by atoms with E-state index in [0.29, 0.717) is 13.1 Å². The highest BCUT2D eigenvalue weighted by Gasteiger charge is 2.34. The number of carbonyl (C=O) groups is 1. The van der Waals surface area contributed by atoms with E-state index in [2.05, 4.69) is 5.29 Å². The number of carboxylic acid groups (broad SMARTS) is 1. The van der Waals surface area contributed by atoms with Crippen LogP contribution in [0.1, 0.15) is 19.3 Å². The molecule has 1 saturated heterocycles. The Morgan fingerprint density at radius 2 is 2.00 bits per heavy atom. The molecule has 0 aromatic heterocycles. The number of aliphatic hydroxyl groups is 1. The standard InChI is InChI=1S/C7H12N2O4/c10-6(11)5-7(12)1-3-9(8-13)4-2-7/h12H,1-5H2,(H,10,11). The molecule has 0 radical (unpaired) electrons. The third kappa shape index (κ3) is 2.66. The normalized spacial score (nSPS) is 21.2. The Morgan fingerprint density at radius 1 is 1.46 bits per heavy atom. The first-order valence-corrected chi connectivity index (χ1v) is 4.08. The van der Waals surface area contributed by atoms with E-state index < -0.39 is 11.6 Å². The number of piperidine rings is 1. The molecule has 74 valence electrons. The maximum Gasteiger partial charge on any atom is 0.306 e. The van der Waals surface area contributed by atoms with Crippen LogP contribution in [-0.4, -0.2) is 39.9 Å². The van der Waals surface area contributed by atoms with Crippen LogP contribution >= 0.6 is 0 Å². The van der Waals surface area contributed by atoms with Gasteiger partial charge in [-0.3, -0.25) is 9.80 Å². The lowest BCUT2D eigenvalue weighted by atomic mass is 9.89. The first kappa shape index (κ1) is 9.91. The van der Waals surface area contributed by atoms with Crippen LogP contribution in [0.15, 0.2) is 5.29 Å². The third-order valence-electron chi connectivity index (χ3n) is 2.27. The Balaban J connectivity index is 2.46. The van der Waals surface area contributed by atoms with Crippen molar-refractivity contribution in [2.45, 2.75) is 24.9 Å². The highest BCUT2D eigenvalue weighted by Crippen LogP contribution is 2.25. The minimum absolute atomic E-state index is 0.264. The van der Waals surface area contributed by atoms with Crippen LogP contribution in [0.4, 0.5) is 0 Å². The summed E-state index contributed by atoms with van der Waals surface area (Å²) in [6.45, 7) is 0.653. The number of nitrogens with zero attached hydrogens (tertiary/aromatic N) is 2. The zero-order valence-corrected chi connectivity index (χ0v) is 7.14. The zero-order chi connectivity index (χ0) is 9.90. The van der Waals surface area contributed by atoms with Gasteiger partial charge in [-0.2, -0.15) is 0 Å². The summed E-state index contributed by atoms with van der Waals surface area (Å²) in [5.41, 5.74) is -1.16. The highest BCUT2D eigenvalue weighted by atomic mass is 16.4. The molecule has 0 saturated carbocycles. The maximum atomic E-state index is 10.4. The van der Waals surface area contributed by atoms with Crippen molar-refractivity contribution in [3.05, 3.63) is 4.91 Å². The fourth-order valence-corrected chi connectivity index (χ4v) is 1.45. The first-order chi connectivity index (χ1) is 6.06. The predicted octanol–water partition coefficient (Wildman–Crippen LogP) is -0.0306. The summed E-state index contributed by atoms with van der Waals surface area (Å²) in [5, 5.41) is 22.2. The van der Waals surface area contributed by atoms with Crippen molar-refractivity contribution in [3.8, 4) is 0 Å². The monoisotopic (exact) mass is 188 g/mol. The van der Waals surface area contributed by atoms with Gasteiger partial charge in [-0.25, -0.2) is 0 Å². The van der Waals surface area contributed by atoms with Crippen molar-refractivity contribution in [2.24, 2.45) is 5.29 Å². The molecular weight excluding hydrogens is 176 g/mol. The Bertz CT molecular complexity index is 211. The van der Waals surface area contributed by atoms with Crippen molar-refractivity contribution in [1.82, 2.24) is 5.01 Å². The Hall–Kier alpha value is -1.17. The van der Waals surface area contributed by atoms with Crippen LogP contribution in [0.5, 0.6) is 0 Å². The second kappa shape index (κ2) is 3.69. The van der Waals surface area contributed by atoms with E-state index in [9.17, 15) is 14.8 Å². The highest BCUT2D eigenvalue weighted by molar-refractivity contribution is 5.68. The zero-order valence-electron chi connectivity index (χ0n) is 7.14. The molecule has 6 nitrogen and oxygen atoms in total. The molecule has 13 heavy (non-hydrogen) atoms. The van der Waals surface area contributed by atoms with Crippen molar-refractivity contribution >= 4 is 5.97 Å². The summed E-state index contributed by atoms with van der Waals surface area (Å²) in [6.07, 6.45) is 0.301. The molecule has 0 amide bonds. The van der Waals surface area contributed by atoms with Gasteiger partial charge >= 0.3 is 5.97 Å². The quantitative estimate of drug-likeness (QED) is 0.607. The summed E-state index contributed by atoms with van der Waals surface area (Å²) in [6, 6.07) is 0. The molecule has 6 heteroatoms. The fraction of sp³-hybridized carbons (Fsp3) is 0.857. The van der Waals surface area contributed by atoms with Crippen molar-refractivity contribution in [3.63, 3.8) is 0 Å². The Kier molecular flexibility index (Phi) is 2.82. The summed E-state index contributed by atoms with van der Waals surface area (Å²) in [4.78, 5) is 20.4. The molecule has 0 spiro atoms. The molecule has 0 atom stereocenters. The summed E-state index contributed by atoms with van der Waals surface area (Å²) in [5.74, 6) is -1.02. The molecular formula is C7H12N2O4. The fourth-order valence-electron chi connectivity index (χ4n) is 1.45. The molecule has 0 bridgehead atoms. The second-order valence-corrected chi connectivity index (χ2v) is 3.33. The molecule has 1 fully saturated rings. The van der Waals surface area contributed by atoms with E-state index in [-0.39, 0.29) is 19.3 Å². The van der Waals surface area contributed by atoms with Crippen molar-refractivity contribution in [1.29, 1.82) is 0 Å². The van der Waals surface area contributed by atoms with Gasteiger partial charge in [0.05, 0.1) is 17.3 Å². The maximum absolute atomic E-state index is 10.4. The number of hydrogen-bond acceptors (Lipinski definition) is 4. The molecule has 0 unspecified atom stereocenters. The molecule has 2 N–H and O–H groups in total. The van der Waals surface area contributed by atoms with Gasteiger partial charge in [0.15, 0.2) is 0 Å². The summed E-state index contributed by atoms with van der Waals surface area (Å²) >= 11 is 0. The second-order valence-electron chi connectivity index (χ2n) is 3.33. The van der Waals surface area contributed by atoms with Gasteiger partial charge in [-0.05, 0) is 12.8 Å². The van der Waals surface area contributed by atoms with Gasteiger partial charge < -0.3 is 10.2 Å². The summed E-state index contributed by atoms with van der Waals surface area (Å²) < 4.78 is 0. The van der Waals surface area contributed by atoms with Crippen LogP contribution < -0.4 is 0 Å². The molecule has 1 aliphatic heterocycles. The average Bonchev–Trinajstić information content (AvgIpc) is 2.04. The molecule has 1 heterocycles. The molecule has 0 aliphatic carbocycles. The van der Waals surface area contributed by atoms with E-state index in [4.69, 9.17) is 5.11 Å². The Morgan fingerprint density at radius 3 is 2.38 bits per heavy atom. The van der Waals surface area contributed by atoms with Crippen LogP contribution in [0, 0.1) is 4.91 Å². The largest absolute Gasteiger partial charge is 0.481 e.